The van der Waals surface area contributed by atoms with E-state index in [9.17, 15) is 0 Å². The molecule has 2 fully saturated rings. The Labute approximate surface area is 126 Å². The van der Waals surface area contributed by atoms with Crippen molar-refractivity contribution in [3.05, 3.63) is 48.2 Å². The summed E-state index contributed by atoms with van der Waals surface area (Å²) in [6.07, 6.45) is 4.57. The first-order chi connectivity index (χ1) is 10.4. The van der Waals surface area contributed by atoms with Crippen LogP contribution in [0.2, 0.25) is 0 Å². The lowest BCUT2D eigenvalue weighted by Crippen LogP contribution is -2.39. The van der Waals surface area contributed by atoms with E-state index in [1.165, 1.54) is 5.56 Å². The van der Waals surface area contributed by atoms with Crippen LogP contribution in [-0.4, -0.2) is 62.4 Å². The Morgan fingerprint density at radius 1 is 0.857 bits per heavy atom. The molecule has 2 aliphatic rings. The van der Waals surface area contributed by atoms with Gasteiger partial charge in [0.1, 0.15) is 0 Å². The Morgan fingerprint density at radius 2 is 1.48 bits per heavy atom. The highest BCUT2D eigenvalue weighted by Crippen LogP contribution is 2.23. The van der Waals surface area contributed by atoms with Crippen LogP contribution in [0.15, 0.2) is 42.6 Å². The Hall–Kier alpha value is -1.36. The Balaban J connectivity index is 1.73. The van der Waals surface area contributed by atoms with Gasteiger partial charge >= 0.3 is 0 Å². The number of hydrogen-bond acceptors (Lipinski definition) is 4. The van der Waals surface area contributed by atoms with Crippen molar-refractivity contribution in [2.24, 2.45) is 0 Å². The smallest absolute Gasteiger partial charge is 0.0642 e. The molecule has 0 amide bonds. The number of ether oxygens (including phenoxy) is 2. The second kappa shape index (κ2) is 7.59. The molecule has 0 aromatic heterocycles. The lowest BCUT2D eigenvalue weighted by molar-refractivity contribution is 0.0246. The number of rotatable bonds is 4. The lowest BCUT2D eigenvalue weighted by Gasteiger charge is -2.34. The van der Waals surface area contributed by atoms with Gasteiger partial charge < -0.3 is 14.4 Å². The van der Waals surface area contributed by atoms with Crippen LogP contribution < -0.4 is 0 Å². The first-order valence-electron chi connectivity index (χ1n) is 7.80. The predicted octanol–water partition coefficient (Wildman–Crippen LogP) is 1.91. The fourth-order valence-corrected chi connectivity index (χ4v) is 2.88. The zero-order valence-corrected chi connectivity index (χ0v) is 12.5. The van der Waals surface area contributed by atoms with E-state index in [-0.39, 0.29) is 0 Å². The number of hydrogen-bond donors (Lipinski definition) is 0. The van der Waals surface area contributed by atoms with Crippen LogP contribution in [0.3, 0.4) is 0 Å². The molecule has 21 heavy (non-hydrogen) atoms. The van der Waals surface area contributed by atoms with Gasteiger partial charge in [-0.3, -0.25) is 4.90 Å². The van der Waals surface area contributed by atoms with Gasteiger partial charge in [0.05, 0.1) is 32.5 Å². The molecule has 0 radical (unpaired) electrons. The van der Waals surface area contributed by atoms with Crippen LogP contribution in [0.25, 0.3) is 0 Å². The number of nitrogens with zero attached hydrogens (tertiary/aromatic N) is 2. The monoisotopic (exact) mass is 288 g/mol. The fourth-order valence-electron chi connectivity index (χ4n) is 2.88. The normalized spacial score (nSPS) is 22.6. The average molecular weight is 288 g/mol. The van der Waals surface area contributed by atoms with Gasteiger partial charge in [-0.05, 0) is 17.8 Å². The zero-order chi connectivity index (χ0) is 14.3. The van der Waals surface area contributed by atoms with Crippen molar-refractivity contribution in [3.8, 4) is 0 Å². The summed E-state index contributed by atoms with van der Waals surface area (Å²) in [5, 5.41) is 0. The van der Waals surface area contributed by atoms with Gasteiger partial charge in [-0.1, -0.05) is 30.3 Å². The van der Waals surface area contributed by atoms with E-state index in [1.54, 1.807) is 0 Å². The summed E-state index contributed by atoms with van der Waals surface area (Å²) in [4.78, 5) is 4.84. The van der Waals surface area contributed by atoms with E-state index in [4.69, 9.17) is 9.47 Å². The number of benzene rings is 1. The molecule has 1 unspecified atom stereocenters. The summed E-state index contributed by atoms with van der Waals surface area (Å²) in [5.41, 5.74) is 1.35. The van der Waals surface area contributed by atoms with Crippen molar-refractivity contribution in [1.29, 1.82) is 0 Å². The molecule has 3 rings (SSSR count). The van der Waals surface area contributed by atoms with Crippen LogP contribution in [0.1, 0.15) is 11.6 Å². The minimum Gasteiger partial charge on any atom is -0.379 e. The van der Waals surface area contributed by atoms with Crippen molar-refractivity contribution in [1.82, 2.24) is 9.80 Å². The highest BCUT2D eigenvalue weighted by Gasteiger charge is 2.20. The zero-order valence-electron chi connectivity index (χ0n) is 12.5. The van der Waals surface area contributed by atoms with Gasteiger partial charge in [0.25, 0.3) is 0 Å². The first-order valence-corrected chi connectivity index (χ1v) is 7.80. The molecule has 2 saturated heterocycles. The maximum Gasteiger partial charge on any atom is 0.0642 e. The summed E-state index contributed by atoms with van der Waals surface area (Å²) in [7, 11) is 0. The third kappa shape index (κ3) is 4.06. The van der Waals surface area contributed by atoms with Crippen LogP contribution in [0.4, 0.5) is 0 Å². The van der Waals surface area contributed by atoms with E-state index < -0.39 is 0 Å². The second-order valence-corrected chi connectivity index (χ2v) is 5.49. The van der Waals surface area contributed by atoms with Gasteiger partial charge in [-0.25, -0.2) is 0 Å². The SMILES string of the molecule is C(=C\N1CCOCC1)/C(c1ccccc1)N1CCOCC1. The number of morpholine rings is 2. The van der Waals surface area contributed by atoms with E-state index in [1.807, 2.05) is 0 Å². The van der Waals surface area contributed by atoms with Crippen LogP contribution in [-0.2, 0) is 9.47 Å². The van der Waals surface area contributed by atoms with Crippen molar-refractivity contribution in [3.63, 3.8) is 0 Å². The molecule has 2 heterocycles. The molecule has 1 aromatic carbocycles. The second-order valence-electron chi connectivity index (χ2n) is 5.49. The van der Waals surface area contributed by atoms with Gasteiger partial charge in [0.2, 0.25) is 0 Å². The largest absolute Gasteiger partial charge is 0.379 e. The first kappa shape index (κ1) is 14.6. The Bertz CT molecular complexity index is 437. The van der Waals surface area contributed by atoms with Crippen molar-refractivity contribution in [2.45, 2.75) is 6.04 Å². The van der Waals surface area contributed by atoms with Gasteiger partial charge in [0.15, 0.2) is 0 Å². The molecule has 0 aliphatic carbocycles. The van der Waals surface area contributed by atoms with E-state index in [0.717, 1.165) is 52.6 Å². The highest BCUT2D eigenvalue weighted by molar-refractivity contribution is 5.23. The summed E-state index contributed by atoms with van der Waals surface area (Å²) < 4.78 is 10.9. The fraction of sp³-hybridized carbons (Fsp3) is 0.529. The predicted molar refractivity (Wildman–Crippen MR) is 83.1 cm³/mol. The molecule has 1 atom stereocenters. The molecule has 2 aliphatic heterocycles. The summed E-state index contributed by atoms with van der Waals surface area (Å²) in [6, 6.07) is 11.1. The van der Waals surface area contributed by atoms with Crippen molar-refractivity contribution < 1.29 is 9.47 Å². The molecular weight excluding hydrogens is 264 g/mol. The quantitative estimate of drug-likeness (QED) is 0.845. The maximum absolute atomic E-state index is 5.49. The van der Waals surface area contributed by atoms with E-state index in [2.05, 4.69) is 52.4 Å². The summed E-state index contributed by atoms with van der Waals surface area (Å²) in [5.74, 6) is 0. The standard InChI is InChI=1S/C17H24N2O2/c1-2-4-16(5-3-1)17(19-10-14-21-15-11-19)6-7-18-8-12-20-13-9-18/h1-7,17H,8-15H2/b7-6+. The van der Waals surface area contributed by atoms with E-state index in [0.29, 0.717) is 6.04 Å². The summed E-state index contributed by atoms with van der Waals surface area (Å²) in [6.45, 7) is 7.28. The molecular formula is C17H24N2O2. The lowest BCUT2D eigenvalue weighted by atomic mass is 10.0. The third-order valence-electron chi connectivity index (χ3n) is 4.11. The summed E-state index contributed by atoms with van der Waals surface area (Å²) >= 11 is 0. The van der Waals surface area contributed by atoms with Gasteiger partial charge in [0, 0.05) is 26.2 Å². The third-order valence-corrected chi connectivity index (χ3v) is 4.11. The topological polar surface area (TPSA) is 24.9 Å². The Morgan fingerprint density at radius 3 is 2.14 bits per heavy atom. The molecule has 4 nitrogen and oxygen atoms in total. The molecule has 0 spiro atoms. The highest BCUT2D eigenvalue weighted by atomic mass is 16.5. The Kier molecular flexibility index (Phi) is 5.27. The maximum atomic E-state index is 5.49. The average Bonchev–Trinajstić information content (AvgIpc) is 2.58. The van der Waals surface area contributed by atoms with E-state index >= 15 is 0 Å². The molecule has 0 N–H and O–H groups in total. The van der Waals surface area contributed by atoms with Gasteiger partial charge in [-0.2, -0.15) is 0 Å². The van der Waals surface area contributed by atoms with Crippen molar-refractivity contribution >= 4 is 0 Å². The minimum atomic E-state index is 0.331. The molecule has 4 heteroatoms. The van der Waals surface area contributed by atoms with Crippen LogP contribution >= 0.6 is 0 Å². The molecule has 0 bridgehead atoms. The molecule has 114 valence electrons. The van der Waals surface area contributed by atoms with Crippen molar-refractivity contribution in [2.75, 3.05) is 52.6 Å². The minimum absolute atomic E-state index is 0.331. The van der Waals surface area contributed by atoms with Crippen LogP contribution in [0, 0.1) is 0 Å². The molecule has 1 aromatic rings. The molecule has 0 saturated carbocycles. The van der Waals surface area contributed by atoms with Gasteiger partial charge in [-0.15, -0.1) is 0 Å². The van der Waals surface area contributed by atoms with Crippen LogP contribution in [0.5, 0.6) is 0 Å².